The van der Waals surface area contributed by atoms with Gasteiger partial charge in [0, 0.05) is 32.4 Å². The largest absolute Gasteiger partial charge is 0.357 e. The summed E-state index contributed by atoms with van der Waals surface area (Å²) in [5.41, 5.74) is 3.08. The second-order valence-electron chi connectivity index (χ2n) is 6.34. The first-order valence-corrected chi connectivity index (χ1v) is 8.75. The van der Waals surface area contributed by atoms with Crippen LogP contribution in [-0.4, -0.2) is 18.1 Å². The fourth-order valence-electron chi connectivity index (χ4n) is 3.06. The van der Waals surface area contributed by atoms with Crippen molar-refractivity contribution >= 4 is 5.82 Å². The number of nitrogens with zero attached hydrogens (tertiary/aromatic N) is 3. The second-order valence-corrected chi connectivity index (χ2v) is 6.34. The van der Waals surface area contributed by atoms with Gasteiger partial charge in [0.05, 0.1) is 11.6 Å². The van der Waals surface area contributed by atoms with Gasteiger partial charge in [0.25, 0.3) is 0 Å². The molecule has 3 rings (SSSR count). The van der Waals surface area contributed by atoms with Crippen molar-refractivity contribution in [1.29, 1.82) is 5.26 Å². The van der Waals surface area contributed by atoms with Gasteiger partial charge in [-0.3, -0.25) is 0 Å². The summed E-state index contributed by atoms with van der Waals surface area (Å²) in [6.07, 6.45) is 7.21. The summed E-state index contributed by atoms with van der Waals surface area (Å²) >= 11 is 0. The summed E-state index contributed by atoms with van der Waals surface area (Å²) in [5, 5.41) is 12.2. The summed E-state index contributed by atoms with van der Waals surface area (Å²) in [6.45, 7) is 3.85. The Morgan fingerprint density at radius 2 is 1.58 bits per heavy atom. The third-order valence-corrected chi connectivity index (χ3v) is 4.48. The first kappa shape index (κ1) is 16.5. The van der Waals surface area contributed by atoms with Gasteiger partial charge in [-0.1, -0.05) is 31.0 Å². The van der Waals surface area contributed by atoms with Crippen molar-refractivity contribution in [1.82, 2.24) is 10.3 Å². The van der Waals surface area contributed by atoms with Crippen molar-refractivity contribution in [2.24, 2.45) is 0 Å². The Labute approximate surface area is 144 Å². The molecule has 2 heterocycles. The van der Waals surface area contributed by atoms with Crippen LogP contribution in [-0.2, 0) is 13.1 Å². The molecule has 4 heteroatoms. The van der Waals surface area contributed by atoms with Gasteiger partial charge in [-0.25, -0.2) is 4.98 Å². The molecule has 0 spiro atoms. The number of nitriles is 1. The lowest BCUT2D eigenvalue weighted by molar-refractivity contribution is 0.690. The van der Waals surface area contributed by atoms with E-state index in [-0.39, 0.29) is 0 Å². The number of benzene rings is 1. The zero-order valence-corrected chi connectivity index (χ0v) is 14.0. The number of aromatic nitrogens is 1. The van der Waals surface area contributed by atoms with Crippen LogP contribution in [0, 0.1) is 11.3 Å². The minimum absolute atomic E-state index is 0.701. The van der Waals surface area contributed by atoms with E-state index in [1.807, 2.05) is 30.5 Å². The average molecular weight is 320 g/mol. The van der Waals surface area contributed by atoms with Crippen LogP contribution in [0.5, 0.6) is 0 Å². The molecule has 1 aromatic carbocycles. The van der Waals surface area contributed by atoms with Crippen LogP contribution < -0.4 is 10.2 Å². The van der Waals surface area contributed by atoms with Crippen LogP contribution >= 0.6 is 0 Å². The summed E-state index contributed by atoms with van der Waals surface area (Å²) in [7, 11) is 0. The molecular weight excluding hydrogens is 296 g/mol. The Morgan fingerprint density at radius 3 is 2.21 bits per heavy atom. The van der Waals surface area contributed by atoms with E-state index in [1.54, 1.807) is 0 Å². The highest BCUT2D eigenvalue weighted by atomic mass is 15.2. The van der Waals surface area contributed by atoms with Gasteiger partial charge in [-0.05, 0) is 42.2 Å². The molecule has 1 aliphatic rings. The monoisotopic (exact) mass is 320 g/mol. The Morgan fingerprint density at radius 1 is 0.917 bits per heavy atom. The molecule has 0 bridgehead atoms. The molecule has 4 nitrogen and oxygen atoms in total. The van der Waals surface area contributed by atoms with Crippen LogP contribution in [0.25, 0.3) is 0 Å². The lowest BCUT2D eigenvalue weighted by Crippen LogP contribution is -2.24. The summed E-state index contributed by atoms with van der Waals surface area (Å²) < 4.78 is 0. The molecule has 0 atom stereocenters. The average Bonchev–Trinajstić information content (AvgIpc) is 2.92. The third-order valence-electron chi connectivity index (χ3n) is 4.48. The van der Waals surface area contributed by atoms with Crippen molar-refractivity contribution in [3.63, 3.8) is 0 Å². The minimum atomic E-state index is 0.701. The maximum Gasteiger partial charge on any atom is 0.128 e. The minimum Gasteiger partial charge on any atom is -0.357 e. The van der Waals surface area contributed by atoms with Gasteiger partial charge in [-0.2, -0.15) is 5.26 Å². The fourth-order valence-corrected chi connectivity index (χ4v) is 3.06. The zero-order chi connectivity index (χ0) is 16.6. The molecule has 0 saturated carbocycles. The highest BCUT2D eigenvalue weighted by Gasteiger charge is 2.10. The molecule has 0 unspecified atom stereocenters. The second kappa shape index (κ2) is 8.47. The Balaban J connectivity index is 1.49. The molecule has 1 fully saturated rings. The summed E-state index contributed by atoms with van der Waals surface area (Å²) in [4.78, 5) is 7.05. The molecule has 1 saturated heterocycles. The van der Waals surface area contributed by atoms with Crippen LogP contribution in [0.4, 0.5) is 5.82 Å². The number of pyridine rings is 1. The van der Waals surface area contributed by atoms with Crippen LogP contribution in [0.1, 0.15) is 42.4 Å². The van der Waals surface area contributed by atoms with Crippen molar-refractivity contribution in [2.75, 3.05) is 18.0 Å². The maximum atomic E-state index is 8.81. The number of rotatable bonds is 5. The van der Waals surface area contributed by atoms with Gasteiger partial charge < -0.3 is 10.2 Å². The smallest absolute Gasteiger partial charge is 0.128 e. The van der Waals surface area contributed by atoms with Crippen LogP contribution in [0.15, 0.2) is 42.6 Å². The zero-order valence-electron chi connectivity index (χ0n) is 14.0. The van der Waals surface area contributed by atoms with E-state index in [9.17, 15) is 0 Å². The predicted octanol–water partition coefficient (Wildman–Crippen LogP) is 3.62. The van der Waals surface area contributed by atoms with E-state index in [0.29, 0.717) is 5.56 Å². The van der Waals surface area contributed by atoms with Crippen molar-refractivity contribution in [3.05, 3.63) is 59.3 Å². The maximum absolute atomic E-state index is 8.81. The molecule has 1 aromatic heterocycles. The first-order chi connectivity index (χ1) is 11.8. The summed E-state index contributed by atoms with van der Waals surface area (Å²) in [5.74, 6) is 1.10. The summed E-state index contributed by atoms with van der Waals surface area (Å²) in [6, 6.07) is 14.1. The van der Waals surface area contributed by atoms with Gasteiger partial charge in [0.15, 0.2) is 0 Å². The molecule has 1 aliphatic heterocycles. The van der Waals surface area contributed by atoms with E-state index in [0.717, 1.165) is 32.0 Å². The lowest BCUT2D eigenvalue weighted by atomic mass is 10.1. The fraction of sp³-hybridized carbons (Fsp3) is 0.400. The first-order valence-electron chi connectivity index (χ1n) is 8.75. The highest BCUT2D eigenvalue weighted by Crippen LogP contribution is 2.17. The van der Waals surface area contributed by atoms with E-state index in [2.05, 4.69) is 33.4 Å². The van der Waals surface area contributed by atoms with Crippen molar-refractivity contribution in [3.8, 4) is 6.07 Å². The molecular formula is C20H24N4. The van der Waals surface area contributed by atoms with E-state index in [1.165, 1.54) is 36.8 Å². The molecule has 1 N–H and O–H groups in total. The van der Waals surface area contributed by atoms with Crippen molar-refractivity contribution in [2.45, 2.75) is 38.8 Å². The van der Waals surface area contributed by atoms with E-state index < -0.39 is 0 Å². The van der Waals surface area contributed by atoms with Crippen molar-refractivity contribution < 1.29 is 0 Å². The van der Waals surface area contributed by atoms with E-state index in [4.69, 9.17) is 5.26 Å². The Hall–Kier alpha value is -2.38. The number of hydrogen-bond donors (Lipinski definition) is 1. The molecule has 124 valence electrons. The van der Waals surface area contributed by atoms with Gasteiger partial charge in [-0.15, -0.1) is 0 Å². The number of hydrogen-bond acceptors (Lipinski definition) is 4. The van der Waals surface area contributed by atoms with Gasteiger partial charge >= 0.3 is 0 Å². The third kappa shape index (κ3) is 4.56. The Kier molecular flexibility index (Phi) is 5.81. The topological polar surface area (TPSA) is 52.0 Å². The van der Waals surface area contributed by atoms with Crippen LogP contribution in [0.3, 0.4) is 0 Å². The van der Waals surface area contributed by atoms with Crippen LogP contribution in [0.2, 0.25) is 0 Å². The standard InChI is InChI=1S/C20H24N4/c21-13-17-5-7-18(8-6-17)14-22-15-19-9-10-20(23-16-19)24-11-3-1-2-4-12-24/h5-10,16,22H,1-4,11-12,14-15H2. The SMILES string of the molecule is N#Cc1ccc(CNCc2ccc(N3CCCCCC3)nc2)cc1. The Bertz CT molecular complexity index is 662. The van der Waals surface area contributed by atoms with Gasteiger partial charge in [0.1, 0.15) is 5.82 Å². The highest BCUT2D eigenvalue weighted by molar-refractivity contribution is 5.39. The van der Waals surface area contributed by atoms with Gasteiger partial charge in [0.2, 0.25) is 0 Å². The molecule has 0 amide bonds. The number of anilines is 1. The van der Waals surface area contributed by atoms with E-state index >= 15 is 0 Å². The molecule has 2 aromatic rings. The normalized spacial score (nSPS) is 14.9. The predicted molar refractivity (Wildman–Crippen MR) is 96.6 cm³/mol. The number of nitrogens with one attached hydrogen (secondary N) is 1. The molecule has 24 heavy (non-hydrogen) atoms. The quantitative estimate of drug-likeness (QED) is 0.914. The molecule has 0 radical (unpaired) electrons. The molecule has 0 aliphatic carbocycles. The lowest BCUT2D eigenvalue weighted by Gasteiger charge is -2.21.